The SMILES string of the molecule is CCN1CCC(CNc2nc[nH]c(=O)c2Cl)CC1. The number of rotatable bonds is 4. The molecule has 1 aromatic heterocycles. The maximum Gasteiger partial charge on any atom is 0.271 e. The van der Waals surface area contributed by atoms with Crippen LogP contribution < -0.4 is 10.9 Å². The van der Waals surface area contributed by atoms with Crippen LogP contribution in [0.1, 0.15) is 19.8 Å². The molecule has 0 bridgehead atoms. The van der Waals surface area contributed by atoms with Gasteiger partial charge in [-0.25, -0.2) is 4.98 Å². The topological polar surface area (TPSA) is 61.0 Å². The van der Waals surface area contributed by atoms with Crippen molar-refractivity contribution in [3.8, 4) is 0 Å². The van der Waals surface area contributed by atoms with Gasteiger partial charge in [0.15, 0.2) is 5.82 Å². The number of aromatic nitrogens is 2. The zero-order valence-corrected chi connectivity index (χ0v) is 11.3. The fraction of sp³-hybridized carbons (Fsp3) is 0.667. The fourth-order valence-electron chi connectivity index (χ4n) is 2.25. The molecule has 2 rings (SSSR count). The molecule has 0 atom stereocenters. The zero-order chi connectivity index (χ0) is 13.0. The largest absolute Gasteiger partial charge is 0.368 e. The van der Waals surface area contributed by atoms with E-state index in [-0.39, 0.29) is 10.6 Å². The first-order chi connectivity index (χ1) is 8.70. The van der Waals surface area contributed by atoms with Gasteiger partial charge < -0.3 is 15.2 Å². The summed E-state index contributed by atoms with van der Waals surface area (Å²) >= 11 is 5.88. The highest BCUT2D eigenvalue weighted by molar-refractivity contribution is 6.32. The first kappa shape index (κ1) is 13.4. The molecular formula is C12H19ClN4O. The third-order valence-electron chi connectivity index (χ3n) is 3.51. The van der Waals surface area contributed by atoms with E-state index in [0.29, 0.717) is 11.7 Å². The van der Waals surface area contributed by atoms with Crippen molar-refractivity contribution in [3.63, 3.8) is 0 Å². The van der Waals surface area contributed by atoms with Crippen molar-refractivity contribution in [2.24, 2.45) is 5.92 Å². The number of anilines is 1. The van der Waals surface area contributed by atoms with Gasteiger partial charge in [0.2, 0.25) is 0 Å². The van der Waals surface area contributed by atoms with E-state index in [1.165, 1.54) is 19.2 Å². The van der Waals surface area contributed by atoms with Gasteiger partial charge in [0.1, 0.15) is 5.02 Å². The van der Waals surface area contributed by atoms with Gasteiger partial charge in [-0.05, 0) is 38.4 Å². The number of nitrogens with one attached hydrogen (secondary N) is 2. The standard InChI is InChI=1S/C12H19ClN4O/c1-2-17-5-3-9(4-6-17)7-14-11-10(13)12(18)16-8-15-11/h8-9H,2-7H2,1H3,(H2,14,15,16,18). The van der Waals surface area contributed by atoms with Gasteiger partial charge >= 0.3 is 0 Å². The van der Waals surface area contributed by atoms with Crippen LogP contribution in [-0.4, -0.2) is 41.0 Å². The second-order valence-corrected chi connectivity index (χ2v) is 5.03. The summed E-state index contributed by atoms with van der Waals surface area (Å²) in [5.41, 5.74) is -0.296. The van der Waals surface area contributed by atoms with Crippen molar-refractivity contribution in [2.75, 3.05) is 31.5 Å². The Bertz CT molecular complexity index is 440. The van der Waals surface area contributed by atoms with Gasteiger partial charge in [0, 0.05) is 6.54 Å². The lowest BCUT2D eigenvalue weighted by molar-refractivity contribution is 0.198. The Morgan fingerprint density at radius 3 is 2.94 bits per heavy atom. The van der Waals surface area contributed by atoms with Crippen LogP contribution in [-0.2, 0) is 0 Å². The second kappa shape index (κ2) is 6.20. The third-order valence-corrected chi connectivity index (χ3v) is 3.86. The van der Waals surface area contributed by atoms with Crippen molar-refractivity contribution in [1.29, 1.82) is 0 Å². The summed E-state index contributed by atoms with van der Waals surface area (Å²) in [6.45, 7) is 6.45. The van der Waals surface area contributed by atoms with Crippen LogP contribution in [0, 0.1) is 5.92 Å². The molecule has 1 aliphatic rings. The summed E-state index contributed by atoms with van der Waals surface area (Å²) in [5.74, 6) is 1.11. The number of hydrogen-bond acceptors (Lipinski definition) is 4. The summed E-state index contributed by atoms with van der Waals surface area (Å²) in [5, 5.41) is 3.32. The Labute approximate surface area is 112 Å². The summed E-state index contributed by atoms with van der Waals surface area (Å²) in [7, 11) is 0. The summed E-state index contributed by atoms with van der Waals surface area (Å²) < 4.78 is 0. The molecule has 0 unspecified atom stereocenters. The molecule has 1 aromatic rings. The number of halogens is 1. The van der Waals surface area contributed by atoms with Crippen LogP contribution in [0.2, 0.25) is 5.02 Å². The molecule has 0 saturated carbocycles. The van der Waals surface area contributed by atoms with Crippen LogP contribution >= 0.6 is 11.6 Å². The molecule has 5 nitrogen and oxygen atoms in total. The molecule has 2 N–H and O–H groups in total. The molecule has 18 heavy (non-hydrogen) atoms. The fourth-order valence-corrected chi connectivity index (χ4v) is 2.42. The molecule has 0 spiro atoms. The van der Waals surface area contributed by atoms with Crippen LogP contribution in [0.4, 0.5) is 5.82 Å². The number of aromatic amines is 1. The van der Waals surface area contributed by atoms with Crippen molar-refractivity contribution in [1.82, 2.24) is 14.9 Å². The van der Waals surface area contributed by atoms with E-state index < -0.39 is 0 Å². The number of likely N-dealkylation sites (tertiary alicyclic amines) is 1. The maximum absolute atomic E-state index is 11.3. The molecule has 6 heteroatoms. The van der Waals surface area contributed by atoms with E-state index in [2.05, 4.69) is 27.1 Å². The summed E-state index contributed by atoms with van der Waals surface area (Å²) in [4.78, 5) is 20.2. The Hall–Kier alpha value is -1.07. The molecule has 0 aliphatic carbocycles. The van der Waals surface area contributed by atoms with Gasteiger partial charge in [-0.2, -0.15) is 0 Å². The Kier molecular flexibility index (Phi) is 4.60. The Morgan fingerprint density at radius 1 is 1.56 bits per heavy atom. The highest BCUT2D eigenvalue weighted by atomic mass is 35.5. The average molecular weight is 271 g/mol. The van der Waals surface area contributed by atoms with Gasteiger partial charge in [-0.3, -0.25) is 4.79 Å². The quantitative estimate of drug-likeness (QED) is 0.872. The minimum Gasteiger partial charge on any atom is -0.368 e. The Balaban J connectivity index is 1.85. The minimum absolute atomic E-state index is 0.142. The number of nitrogens with zero attached hydrogens (tertiary/aromatic N) is 2. The molecule has 1 aliphatic heterocycles. The minimum atomic E-state index is -0.296. The summed E-state index contributed by atoms with van der Waals surface area (Å²) in [6.07, 6.45) is 3.74. The van der Waals surface area contributed by atoms with E-state index in [1.807, 2.05) is 0 Å². The molecule has 1 saturated heterocycles. The predicted molar refractivity (Wildman–Crippen MR) is 73.2 cm³/mol. The van der Waals surface area contributed by atoms with E-state index >= 15 is 0 Å². The molecule has 0 radical (unpaired) electrons. The first-order valence-corrected chi connectivity index (χ1v) is 6.78. The molecule has 2 heterocycles. The van der Waals surface area contributed by atoms with E-state index in [1.54, 1.807) is 0 Å². The number of H-pyrrole nitrogens is 1. The Morgan fingerprint density at radius 2 is 2.28 bits per heavy atom. The lowest BCUT2D eigenvalue weighted by atomic mass is 9.97. The molecule has 0 amide bonds. The molecular weight excluding hydrogens is 252 g/mol. The van der Waals surface area contributed by atoms with Gasteiger partial charge in [0.05, 0.1) is 6.33 Å². The highest BCUT2D eigenvalue weighted by Gasteiger charge is 2.18. The van der Waals surface area contributed by atoms with Crippen LogP contribution in [0.5, 0.6) is 0 Å². The van der Waals surface area contributed by atoms with Crippen LogP contribution in [0.3, 0.4) is 0 Å². The summed E-state index contributed by atoms with van der Waals surface area (Å²) in [6, 6.07) is 0. The van der Waals surface area contributed by atoms with Crippen molar-refractivity contribution in [3.05, 3.63) is 21.7 Å². The number of piperidine rings is 1. The maximum atomic E-state index is 11.3. The monoisotopic (exact) mass is 270 g/mol. The molecule has 1 fully saturated rings. The predicted octanol–water partition coefficient (Wildman–Crippen LogP) is 1.57. The van der Waals surface area contributed by atoms with Gasteiger partial charge in [0.25, 0.3) is 5.56 Å². The second-order valence-electron chi connectivity index (χ2n) is 4.65. The average Bonchev–Trinajstić information content (AvgIpc) is 2.41. The third kappa shape index (κ3) is 3.23. The van der Waals surface area contributed by atoms with Gasteiger partial charge in [-0.1, -0.05) is 18.5 Å². The van der Waals surface area contributed by atoms with E-state index in [0.717, 1.165) is 26.2 Å². The van der Waals surface area contributed by atoms with Crippen LogP contribution in [0.15, 0.2) is 11.1 Å². The van der Waals surface area contributed by atoms with Crippen molar-refractivity contribution >= 4 is 17.4 Å². The van der Waals surface area contributed by atoms with Crippen molar-refractivity contribution < 1.29 is 0 Å². The van der Waals surface area contributed by atoms with E-state index in [9.17, 15) is 4.79 Å². The van der Waals surface area contributed by atoms with Crippen LogP contribution in [0.25, 0.3) is 0 Å². The highest BCUT2D eigenvalue weighted by Crippen LogP contribution is 2.19. The lowest BCUT2D eigenvalue weighted by Gasteiger charge is -2.31. The van der Waals surface area contributed by atoms with Gasteiger partial charge in [-0.15, -0.1) is 0 Å². The van der Waals surface area contributed by atoms with E-state index in [4.69, 9.17) is 11.6 Å². The molecule has 0 aromatic carbocycles. The zero-order valence-electron chi connectivity index (χ0n) is 10.6. The van der Waals surface area contributed by atoms with Crippen molar-refractivity contribution in [2.45, 2.75) is 19.8 Å². The number of hydrogen-bond donors (Lipinski definition) is 2. The normalized spacial score (nSPS) is 17.9. The first-order valence-electron chi connectivity index (χ1n) is 6.40. The smallest absolute Gasteiger partial charge is 0.271 e. The lowest BCUT2D eigenvalue weighted by Crippen LogP contribution is -2.35. The molecule has 100 valence electrons.